The molecule has 0 aliphatic heterocycles. The number of non-ortho nitro benzene ring substituents is 1. The van der Waals surface area contributed by atoms with Gasteiger partial charge in [-0.05, 0) is 47.9 Å². The molecular formula is C14H19IN2O3. The summed E-state index contributed by atoms with van der Waals surface area (Å²) in [5.74, 6) is 0.281. The van der Waals surface area contributed by atoms with Crippen LogP contribution in [0.3, 0.4) is 0 Å². The van der Waals surface area contributed by atoms with Crippen molar-refractivity contribution >= 4 is 34.2 Å². The molecule has 0 aromatic heterocycles. The first-order valence-electron chi connectivity index (χ1n) is 6.60. The smallest absolute Gasteiger partial charge is 0.270 e. The summed E-state index contributed by atoms with van der Waals surface area (Å²) in [7, 11) is 0. The molecule has 0 saturated carbocycles. The van der Waals surface area contributed by atoms with Gasteiger partial charge >= 0.3 is 0 Å². The third-order valence-electron chi connectivity index (χ3n) is 3.24. The number of carbonyl (C=O) groups is 1. The molecule has 1 aromatic rings. The molecule has 0 spiro atoms. The van der Waals surface area contributed by atoms with Crippen LogP contribution < -0.4 is 5.32 Å². The normalized spacial score (nSPS) is 13.6. The van der Waals surface area contributed by atoms with Gasteiger partial charge in [0.1, 0.15) is 0 Å². The lowest BCUT2D eigenvalue weighted by molar-refractivity contribution is -0.384. The highest BCUT2D eigenvalue weighted by molar-refractivity contribution is 14.1. The van der Waals surface area contributed by atoms with E-state index in [1.165, 1.54) is 12.1 Å². The van der Waals surface area contributed by atoms with Crippen LogP contribution in [0.25, 0.3) is 0 Å². The van der Waals surface area contributed by atoms with Crippen LogP contribution in [0, 0.1) is 19.6 Å². The Balaban J connectivity index is 2.81. The third kappa shape index (κ3) is 4.73. The van der Waals surface area contributed by atoms with Crippen molar-refractivity contribution in [2.45, 2.75) is 39.7 Å². The number of rotatable bonds is 6. The molecule has 2 unspecified atom stereocenters. The van der Waals surface area contributed by atoms with Gasteiger partial charge in [0.25, 0.3) is 11.6 Å². The largest absolute Gasteiger partial charge is 0.350 e. The molecule has 0 aliphatic rings. The number of nitrogens with one attached hydrogen (secondary N) is 1. The maximum Gasteiger partial charge on any atom is 0.270 e. The molecule has 6 heteroatoms. The maximum absolute atomic E-state index is 12.2. The Morgan fingerprint density at radius 3 is 2.65 bits per heavy atom. The number of amides is 1. The number of hydrogen-bond acceptors (Lipinski definition) is 3. The highest BCUT2D eigenvalue weighted by Gasteiger charge is 2.17. The number of halogens is 1. The molecule has 0 aliphatic carbocycles. The number of nitro groups is 1. The fraction of sp³-hybridized carbons (Fsp3) is 0.500. The van der Waals surface area contributed by atoms with Gasteiger partial charge in [-0.15, -0.1) is 0 Å². The summed E-state index contributed by atoms with van der Waals surface area (Å²) in [5, 5.41) is 13.7. The van der Waals surface area contributed by atoms with Crippen molar-refractivity contribution < 1.29 is 9.72 Å². The van der Waals surface area contributed by atoms with E-state index in [9.17, 15) is 14.9 Å². The third-order valence-corrected chi connectivity index (χ3v) is 4.18. The topological polar surface area (TPSA) is 72.2 Å². The molecule has 110 valence electrons. The van der Waals surface area contributed by atoms with Crippen molar-refractivity contribution in [3.8, 4) is 0 Å². The zero-order valence-corrected chi connectivity index (χ0v) is 14.0. The van der Waals surface area contributed by atoms with Crippen LogP contribution in [0.2, 0.25) is 0 Å². The van der Waals surface area contributed by atoms with Gasteiger partial charge in [-0.2, -0.15) is 0 Å². The van der Waals surface area contributed by atoms with Crippen molar-refractivity contribution in [1.82, 2.24) is 5.32 Å². The lowest BCUT2D eigenvalue weighted by Crippen LogP contribution is -2.34. The summed E-state index contributed by atoms with van der Waals surface area (Å²) in [6.45, 7) is 6.21. The van der Waals surface area contributed by atoms with Crippen LogP contribution in [0.5, 0.6) is 0 Å². The minimum Gasteiger partial charge on any atom is -0.350 e. The molecule has 0 radical (unpaired) electrons. The van der Waals surface area contributed by atoms with Crippen LogP contribution in [0.4, 0.5) is 5.69 Å². The van der Waals surface area contributed by atoms with Crippen molar-refractivity contribution in [3.05, 3.63) is 37.4 Å². The highest BCUT2D eigenvalue weighted by atomic mass is 127. The molecule has 0 heterocycles. The van der Waals surface area contributed by atoms with Crippen molar-refractivity contribution in [1.29, 1.82) is 0 Å². The summed E-state index contributed by atoms with van der Waals surface area (Å²) in [4.78, 5) is 22.5. The first kappa shape index (κ1) is 16.9. The summed E-state index contributed by atoms with van der Waals surface area (Å²) >= 11 is 2.01. The SMILES string of the molecule is CCC(C)CC(C)NC(=O)c1cc([N+](=O)[O-])ccc1I. The van der Waals surface area contributed by atoms with Gasteiger partial charge in [0.05, 0.1) is 10.5 Å². The Kier molecular flexibility index (Phi) is 6.38. The summed E-state index contributed by atoms with van der Waals surface area (Å²) in [5.41, 5.74) is 0.293. The summed E-state index contributed by atoms with van der Waals surface area (Å²) in [6.07, 6.45) is 1.96. The fourth-order valence-corrected chi connectivity index (χ4v) is 2.51. The van der Waals surface area contributed by atoms with Crippen LogP contribution in [-0.2, 0) is 0 Å². The zero-order valence-electron chi connectivity index (χ0n) is 11.9. The predicted octanol–water partition coefficient (Wildman–Crippen LogP) is 3.75. The van der Waals surface area contributed by atoms with E-state index in [-0.39, 0.29) is 17.6 Å². The monoisotopic (exact) mass is 390 g/mol. The Hall–Kier alpha value is -1.18. The standard InChI is InChI=1S/C14H19IN2O3/c1-4-9(2)7-10(3)16-14(18)12-8-11(17(19)20)5-6-13(12)15/h5-6,8-10H,4,7H2,1-3H3,(H,16,18). The first-order chi connectivity index (χ1) is 9.35. The lowest BCUT2D eigenvalue weighted by atomic mass is 10.00. The summed E-state index contributed by atoms with van der Waals surface area (Å²) < 4.78 is 0.710. The van der Waals surface area contributed by atoms with Gasteiger partial charge in [0, 0.05) is 21.7 Å². The lowest BCUT2D eigenvalue weighted by Gasteiger charge is -2.17. The molecule has 0 saturated heterocycles. The second-order valence-electron chi connectivity index (χ2n) is 5.04. The Morgan fingerprint density at radius 1 is 1.45 bits per heavy atom. The van der Waals surface area contributed by atoms with Gasteiger partial charge in [-0.3, -0.25) is 14.9 Å². The zero-order chi connectivity index (χ0) is 15.3. The Morgan fingerprint density at radius 2 is 2.10 bits per heavy atom. The van der Waals surface area contributed by atoms with Crippen LogP contribution in [0.15, 0.2) is 18.2 Å². The van der Waals surface area contributed by atoms with E-state index in [1.807, 2.05) is 29.5 Å². The molecule has 1 amide bonds. The minimum atomic E-state index is -0.491. The van der Waals surface area contributed by atoms with Crippen molar-refractivity contribution in [2.24, 2.45) is 5.92 Å². The highest BCUT2D eigenvalue weighted by Crippen LogP contribution is 2.20. The van der Waals surface area contributed by atoms with Gasteiger partial charge in [-0.1, -0.05) is 20.3 Å². The van der Waals surface area contributed by atoms with Gasteiger partial charge < -0.3 is 5.32 Å². The van der Waals surface area contributed by atoms with E-state index >= 15 is 0 Å². The molecule has 1 N–H and O–H groups in total. The van der Waals surface area contributed by atoms with Crippen molar-refractivity contribution in [2.75, 3.05) is 0 Å². The van der Waals surface area contributed by atoms with Crippen LogP contribution in [-0.4, -0.2) is 16.9 Å². The minimum absolute atomic E-state index is 0.0486. The molecular weight excluding hydrogens is 371 g/mol. The second kappa shape index (κ2) is 7.56. The van der Waals surface area contributed by atoms with E-state index in [0.29, 0.717) is 15.1 Å². The van der Waals surface area contributed by atoms with E-state index in [4.69, 9.17) is 0 Å². The number of nitrogens with zero attached hydrogens (tertiary/aromatic N) is 1. The number of carbonyl (C=O) groups excluding carboxylic acids is 1. The predicted molar refractivity (Wildman–Crippen MR) is 86.8 cm³/mol. The quantitative estimate of drug-likeness (QED) is 0.457. The van der Waals surface area contributed by atoms with E-state index < -0.39 is 4.92 Å². The molecule has 0 fully saturated rings. The average molecular weight is 390 g/mol. The number of benzene rings is 1. The average Bonchev–Trinajstić information content (AvgIpc) is 2.38. The fourth-order valence-electron chi connectivity index (χ4n) is 1.93. The molecule has 2 atom stereocenters. The first-order valence-corrected chi connectivity index (χ1v) is 7.67. The molecule has 0 bridgehead atoms. The van der Waals surface area contributed by atoms with Crippen LogP contribution >= 0.6 is 22.6 Å². The van der Waals surface area contributed by atoms with Gasteiger partial charge in [0.15, 0.2) is 0 Å². The van der Waals surface area contributed by atoms with E-state index in [2.05, 4.69) is 19.2 Å². The van der Waals surface area contributed by atoms with Crippen LogP contribution in [0.1, 0.15) is 44.0 Å². The van der Waals surface area contributed by atoms with E-state index in [1.54, 1.807) is 6.07 Å². The Labute approximate surface area is 132 Å². The summed E-state index contributed by atoms with van der Waals surface area (Å²) in [6, 6.07) is 4.37. The molecule has 5 nitrogen and oxygen atoms in total. The molecule has 20 heavy (non-hydrogen) atoms. The molecule has 1 aromatic carbocycles. The number of hydrogen-bond donors (Lipinski definition) is 1. The maximum atomic E-state index is 12.2. The number of nitro benzene ring substituents is 1. The van der Waals surface area contributed by atoms with Crippen molar-refractivity contribution in [3.63, 3.8) is 0 Å². The second-order valence-corrected chi connectivity index (χ2v) is 6.21. The molecule has 1 rings (SSSR count). The van der Waals surface area contributed by atoms with Gasteiger partial charge in [0.2, 0.25) is 0 Å². The van der Waals surface area contributed by atoms with Gasteiger partial charge in [-0.25, -0.2) is 0 Å². The van der Waals surface area contributed by atoms with E-state index in [0.717, 1.165) is 12.8 Å². The Bertz CT molecular complexity index is 505.